The van der Waals surface area contributed by atoms with Gasteiger partial charge in [0.15, 0.2) is 17.5 Å². The van der Waals surface area contributed by atoms with Crippen molar-refractivity contribution in [1.82, 2.24) is 44.7 Å². The molecule has 198 valence electrons. The molecular formula is C27H25ClFN9O. The van der Waals surface area contributed by atoms with Gasteiger partial charge >= 0.3 is 6.03 Å². The number of nitrogens with one attached hydrogen (secondary N) is 1. The lowest BCUT2D eigenvalue weighted by Crippen LogP contribution is -2.37. The molecule has 3 heterocycles. The highest BCUT2D eigenvalue weighted by Crippen LogP contribution is 2.38. The van der Waals surface area contributed by atoms with Gasteiger partial charge in [0.25, 0.3) is 0 Å². The van der Waals surface area contributed by atoms with E-state index in [1.807, 2.05) is 30.3 Å². The van der Waals surface area contributed by atoms with Crippen LogP contribution in [0.25, 0.3) is 22.3 Å². The summed E-state index contributed by atoms with van der Waals surface area (Å²) in [6, 6.07) is 13.9. The zero-order valence-corrected chi connectivity index (χ0v) is 22.1. The van der Waals surface area contributed by atoms with E-state index in [1.54, 1.807) is 30.9 Å². The minimum absolute atomic E-state index is 0.0183. The van der Waals surface area contributed by atoms with Crippen LogP contribution in [0, 0.1) is 12.7 Å². The topological polar surface area (TPSA) is 107 Å². The number of amides is 2. The summed E-state index contributed by atoms with van der Waals surface area (Å²) in [4.78, 5) is 28.2. The predicted octanol–water partition coefficient (Wildman–Crippen LogP) is 4.72. The molecule has 1 aliphatic rings. The monoisotopic (exact) mass is 545 g/mol. The Kier molecular flexibility index (Phi) is 6.43. The van der Waals surface area contributed by atoms with Gasteiger partial charge in [-0.25, -0.2) is 28.5 Å². The van der Waals surface area contributed by atoms with E-state index in [4.69, 9.17) is 21.7 Å². The van der Waals surface area contributed by atoms with E-state index in [-0.39, 0.29) is 24.1 Å². The van der Waals surface area contributed by atoms with Crippen molar-refractivity contribution in [3.8, 4) is 11.4 Å². The summed E-state index contributed by atoms with van der Waals surface area (Å²) in [5.74, 6) is 2.19. The van der Waals surface area contributed by atoms with Gasteiger partial charge in [0.1, 0.15) is 11.6 Å². The molecule has 0 radical (unpaired) electrons. The van der Waals surface area contributed by atoms with Crippen LogP contribution in [0.4, 0.5) is 9.18 Å². The van der Waals surface area contributed by atoms with Crippen molar-refractivity contribution in [2.75, 3.05) is 7.05 Å². The molecule has 3 aromatic heterocycles. The van der Waals surface area contributed by atoms with Crippen molar-refractivity contribution in [3.05, 3.63) is 88.9 Å². The number of halogens is 2. The van der Waals surface area contributed by atoms with E-state index in [2.05, 4.69) is 20.4 Å². The zero-order valence-electron chi connectivity index (χ0n) is 21.3. The molecule has 0 atom stereocenters. The maximum absolute atomic E-state index is 14.0. The first-order chi connectivity index (χ1) is 18.9. The number of hydrogen-bond donors (Lipinski definition) is 1. The molecule has 6 rings (SSSR count). The first kappa shape index (κ1) is 24.9. The molecule has 2 aromatic carbocycles. The van der Waals surface area contributed by atoms with Gasteiger partial charge in [-0.05, 0) is 50.1 Å². The van der Waals surface area contributed by atoms with Gasteiger partial charge in [-0.3, -0.25) is 4.98 Å². The van der Waals surface area contributed by atoms with Crippen LogP contribution in [0.15, 0.2) is 54.7 Å². The second-order valence-electron chi connectivity index (χ2n) is 9.55. The van der Waals surface area contributed by atoms with Gasteiger partial charge < -0.3 is 10.2 Å². The van der Waals surface area contributed by atoms with Gasteiger partial charge in [-0.1, -0.05) is 23.7 Å². The number of benzene rings is 2. The van der Waals surface area contributed by atoms with Crippen LogP contribution in [0.3, 0.4) is 0 Å². The van der Waals surface area contributed by atoms with Crippen molar-refractivity contribution >= 4 is 28.5 Å². The fourth-order valence-corrected chi connectivity index (χ4v) is 4.46. The minimum atomic E-state index is -0.561. The molecule has 1 fully saturated rings. The summed E-state index contributed by atoms with van der Waals surface area (Å²) in [6.07, 6.45) is 3.89. The maximum atomic E-state index is 14.0. The Hall–Kier alpha value is -4.38. The zero-order chi connectivity index (χ0) is 27.1. The highest BCUT2D eigenvalue weighted by molar-refractivity contribution is 6.30. The lowest BCUT2D eigenvalue weighted by Gasteiger charge is -2.18. The highest BCUT2D eigenvalue weighted by atomic mass is 35.5. The Labute approximate surface area is 228 Å². The third kappa shape index (κ3) is 5.17. The molecule has 39 heavy (non-hydrogen) atoms. The second kappa shape index (κ2) is 10.1. The highest BCUT2D eigenvalue weighted by Gasteiger charge is 2.30. The third-order valence-corrected chi connectivity index (χ3v) is 6.82. The van der Waals surface area contributed by atoms with E-state index in [1.165, 1.54) is 21.7 Å². The maximum Gasteiger partial charge on any atom is 0.317 e. The van der Waals surface area contributed by atoms with E-state index in [9.17, 15) is 9.18 Å². The Morgan fingerprint density at radius 3 is 2.64 bits per heavy atom. The number of rotatable bonds is 7. The molecule has 1 aliphatic carbocycles. The van der Waals surface area contributed by atoms with Gasteiger partial charge in [0, 0.05) is 30.6 Å². The average molecular weight is 546 g/mol. The fraction of sp³-hybridized carbons (Fsp3) is 0.259. The standard InChI is InChI=1S/C27H25ClFN9O/c1-16-32-24(37(34-16)19-9-10-21(28)22(29)12-19)14-31-27(39)36(2)15-25-33-26(18-5-6-18)35-38(25)20-8-7-17-4-3-11-30-23(17)13-20/h3-4,7-13,18H,5-6,14-15H2,1-2H3,(H,31,39). The molecule has 0 aliphatic heterocycles. The van der Waals surface area contributed by atoms with Crippen LogP contribution in [-0.4, -0.2) is 52.5 Å². The fourth-order valence-electron chi connectivity index (χ4n) is 4.34. The number of aryl methyl sites for hydroxylation is 1. The number of fused-ring (bicyclic) bond motifs is 1. The Bertz CT molecular complexity index is 1690. The summed E-state index contributed by atoms with van der Waals surface area (Å²) in [7, 11) is 1.69. The predicted molar refractivity (Wildman–Crippen MR) is 143 cm³/mol. The number of urea groups is 1. The summed E-state index contributed by atoms with van der Waals surface area (Å²) in [5, 5.41) is 13.0. The summed E-state index contributed by atoms with van der Waals surface area (Å²) in [6.45, 7) is 2.05. The Morgan fingerprint density at radius 2 is 1.85 bits per heavy atom. The molecule has 0 saturated heterocycles. The molecule has 0 unspecified atom stereocenters. The van der Waals surface area contributed by atoms with Crippen molar-refractivity contribution in [2.24, 2.45) is 0 Å². The van der Waals surface area contributed by atoms with Crippen LogP contribution >= 0.6 is 11.6 Å². The van der Waals surface area contributed by atoms with Crippen LogP contribution in [0.1, 0.15) is 42.1 Å². The van der Waals surface area contributed by atoms with Gasteiger partial charge in [-0.15, -0.1) is 0 Å². The van der Waals surface area contributed by atoms with E-state index in [0.717, 1.165) is 35.3 Å². The number of carbonyl (C=O) groups is 1. The molecule has 1 N–H and O–H groups in total. The van der Waals surface area contributed by atoms with Crippen LogP contribution < -0.4 is 5.32 Å². The molecule has 12 heteroatoms. The van der Waals surface area contributed by atoms with E-state index >= 15 is 0 Å². The number of carbonyl (C=O) groups excluding carboxylic acids is 1. The molecule has 0 bridgehead atoms. The summed E-state index contributed by atoms with van der Waals surface area (Å²) >= 11 is 5.82. The normalized spacial score (nSPS) is 13.1. The van der Waals surface area contributed by atoms with Crippen molar-refractivity contribution < 1.29 is 9.18 Å². The quantitative estimate of drug-likeness (QED) is 0.317. The van der Waals surface area contributed by atoms with Crippen molar-refractivity contribution in [1.29, 1.82) is 0 Å². The minimum Gasteiger partial charge on any atom is -0.331 e. The lowest BCUT2D eigenvalue weighted by atomic mass is 10.2. The van der Waals surface area contributed by atoms with Crippen molar-refractivity contribution in [2.45, 2.75) is 38.8 Å². The largest absolute Gasteiger partial charge is 0.331 e. The molecular weight excluding hydrogens is 521 g/mol. The number of pyridine rings is 1. The molecule has 1 saturated carbocycles. The third-order valence-electron chi connectivity index (χ3n) is 6.52. The number of nitrogens with zero attached hydrogens (tertiary/aromatic N) is 8. The summed E-state index contributed by atoms with van der Waals surface area (Å²) < 4.78 is 17.3. The molecule has 0 spiro atoms. The first-order valence-corrected chi connectivity index (χ1v) is 12.9. The lowest BCUT2D eigenvalue weighted by molar-refractivity contribution is 0.204. The van der Waals surface area contributed by atoms with Gasteiger partial charge in [-0.2, -0.15) is 10.2 Å². The second-order valence-corrected chi connectivity index (χ2v) is 9.96. The van der Waals surface area contributed by atoms with Crippen LogP contribution in [-0.2, 0) is 13.1 Å². The Morgan fingerprint density at radius 1 is 1.08 bits per heavy atom. The van der Waals surface area contributed by atoms with Gasteiger partial charge in [0.05, 0.1) is 35.0 Å². The van der Waals surface area contributed by atoms with E-state index in [0.29, 0.717) is 29.1 Å². The average Bonchev–Trinajstić information content (AvgIpc) is 3.60. The Balaban J connectivity index is 1.20. The number of aromatic nitrogens is 7. The molecule has 2 amide bonds. The first-order valence-electron chi connectivity index (χ1n) is 12.5. The van der Waals surface area contributed by atoms with Crippen molar-refractivity contribution in [3.63, 3.8) is 0 Å². The number of hydrogen-bond acceptors (Lipinski definition) is 6. The smallest absolute Gasteiger partial charge is 0.317 e. The molecule has 10 nitrogen and oxygen atoms in total. The molecule has 5 aromatic rings. The van der Waals surface area contributed by atoms with Crippen LogP contribution in [0.2, 0.25) is 5.02 Å². The summed E-state index contributed by atoms with van der Waals surface area (Å²) in [5.41, 5.74) is 2.15. The van der Waals surface area contributed by atoms with Crippen LogP contribution in [0.5, 0.6) is 0 Å². The SMILES string of the molecule is Cc1nc(CNC(=O)N(C)Cc2nc(C3CC3)nn2-c2ccc3cccnc3c2)n(-c2ccc(Cl)c(F)c2)n1. The van der Waals surface area contributed by atoms with E-state index < -0.39 is 5.82 Å². The van der Waals surface area contributed by atoms with Gasteiger partial charge in [0.2, 0.25) is 0 Å².